The molecule has 10 nitrogen and oxygen atoms in total. The molecule has 0 bridgehead atoms. The van der Waals surface area contributed by atoms with Crippen LogP contribution in [-0.4, -0.2) is 67.7 Å². The fourth-order valence-corrected chi connectivity index (χ4v) is 5.20. The molecule has 1 aromatic heterocycles. The lowest BCUT2D eigenvalue weighted by Gasteiger charge is -2.26. The standard InChI is InChI=1S/C29H35N7O3/c1-19(29(30)37)22-14-23(26(38-4)15-25(22)35-12-10-21(17-35)34(2)3)33-27-16-28(32-18-31-27)36-24(11-13-39-36)20-8-6-5-7-9-20/h5-9,14-16,18,21,24H,1,10-13,17H2,2-4H3,(H2,30,37)(H,31,32,33)/t21-,24-/m1/s1. The number of hydrogen-bond donors (Lipinski definition) is 2. The Morgan fingerprint density at radius 1 is 1.18 bits per heavy atom. The van der Waals surface area contributed by atoms with Gasteiger partial charge in [0.25, 0.3) is 0 Å². The lowest BCUT2D eigenvalue weighted by molar-refractivity contribution is -0.112. The van der Waals surface area contributed by atoms with Gasteiger partial charge in [-0.1, -0.05) is 36.9 Å². The minimum Gasteiger partial charge on any atom is -0.494 e. The van der Waals surface area contributed by atoms with Crippen molar-refractivity contribution in [3.8, 4) is 5.75 Å². The van der Waals surface area contributed by atoms with Crippen LogP contribution in [-0.2, 0) is 9.63 Å². The van der Waals surface area contributed by atoms with Gasteiger partial charge in [0.2, 0.25) is 5.91 Å². The summed E-state index contributed by atoms with van der Waals surface area (Å²) < 4.78 is 5.77. The van der Waals surface area contributed by atoms with Crippen molar-refractivity contribution in [3.05, 3.63) is 72.6 Å². The molecule has 0 radical (unpaired) electrons. The van der Waals surface area contributed by atoms with Crippen LogP contribution >= 0.6 is 0 Å². The Balaban J connectivity index is 1.46. The maximum Gasteiger partial charge on any atom is 0.248 e. The molecule has 2 atom stereocenters. The summed E-state index contributed by atoms with van der Waals surface area (Å²) in [5.74, 6) is 1.23. The molecule has 1 amide bonds. The molecular formula is C29H35N7O3. The number of methoxy groups -OCH3 is 1. The Hall–Kier alpha value is -4.15. The van der Waals surface area contributed by atoms with Crippen LogP contribution in [0.4, 0.5) is 23.0 Å². The highest BCUT2D eigenvalue weighted by atomic mass is 16.7. The third-order valence-electron chi connectivity index (χ3n) is 7.40. The van der Waals surface area contributed by atoms with E-state index in [-0.39, 0.29) is 11.6 Å². The van der Waals surface area contributed by atoms with E-state index in [0.29, 0.717) is 41.3 Å². The number of likely N-dealkylation sites (N-methyl/N-ethyl adjacent to an activating group) is 1. The number of nitrogens with zero attached hydrogens (tertiary/aromatic N) is 5. The molecule has 39 heavy (non-hydrogen) atoms. The number of hydrogen-bond acceptors (Lipinski definition) is 9. The van der Waals surface area contributed by atoms with Crippen molar-refractivity contribution in [2.45, 2.75) is 24.9 Å². The van der Waals surface area contributed by atoms with Crippen LogP contribution in [0.2, 0.25) is 0 Å². The number of aromatic nitrogens is 2. The molecule has 10 heteroatoms. The average molecular weight is 530 g/mol. The summed E-state index contributed by atoms with van der Waals surface area (Å²) in [5.41, 5.74) is 9.24. The minimum atomic E-state index is -0.571. The number of hydroxylamine groups is 1. The molecule has 2 fully saturated rings. The van der Waals surface area contributed by atoms with Crippen molar-refractivity contribution in [2.75, 3.05) is 56.2 Å². The normalized spacial score (nSPS) is 19.0. The van der Waals surface area contributed by atoms with E-state index in [2.05, 4.69) is 57.9 Å². The van der Waals surface area contributed by atoms with E-state index in [4.69, 9.17) is 15.3 Å². The summed E-state index contributed by atoms with van der Waals surface area (Å²) >= 11 is 0. The van der Waals surface area contributed by atoms with Crippen LogP contribution in [0.1, 0.15) is 30.0 Å². The van der Waals surface area contributed by atoms with Crippen molar-refractivity contribution < 1.29 is 14.4 Å². The second kappa shape index (κ2) is 11.3. The van der Waals surface area contributed by atoms with Crippen molar-refractivity contribution >= 4 is 34.5 Å². The number of carbonyl (C=O) groups excluding carboxylic acids is 1. The van der Waals surface area contributed by atoms with Gasteiger partial charge in [-0.15, -0.1) is 0 Å². The van der Waals surface area contributed by atoms with Gasteiger partial charge in [-0.2, -0.15) is 0 Å². The Kier molecular flexibility index (Phi) is 7.67. The van der Waals surface area contributed by atoms with Gasteiger partial charge in [-0.05, 0) is 32.1 Å². The number of nitrogens with two attached hydrogens (primary N) is 1. The van der Waals surface area contributed by atoms with E-state index in [1.807, 2.05) is 41.5 Å². The quantitative estimate of drug-likeness (QED) is 0.401. The summed E-state index contributed by atoms with van der Waals surface area (Å²) in [4.78, 5) is 31.5. The summed E-state index contributed by atoms with van der Waals surface area (Å²) in [6.07, 6.45) is 3.37. The van der Waals surface area contributed by atoms with E-state index in [1.54, 1.807) is 7.11 Å². The number of anilines is 4. The second-order valence-electron chi connectivity index (χ2n) is 10.0. The first kappa shape index (κ1) is 26.5. The molecule has 2 saturated heterocycles. The molecule has 0 spiro atoms. The first-order valence-corrected chi connectivity index (χ1v) is 13.0. The van der Waals surface area contributed by atoms with Gasteiger partial charge in [0.15, 0.2) is 5.82 Å². The number of rotatable bonds is 9. The second-order valence-corrected chi connectivity index (χ2v) is 10.0. The fraction of sp³-hybridized carbons (Fsp3) is 0.345. The van der Waals surface area contributed by atoms with Gasteiger partial charge in [0.1, 0.15) is 17.9 Å². The van der Waals surface area contributed by atoms with Crippen molar-refractivity contribution in [3.63, 3.8) is 0 Å². The molecule has 0 saturated carbocycles. The lowest BCUT2D eigenvalue weighted by atomic mass is 10.0. The fourth-order valence-electron chi connectivity index (χ4n) is 5.20. The van der Waals surface area contributed by atoms with E-state index >= 15 is 0 Å². The number of nitrogens with one attached hydrogen (secondary N) is 1. The lowest BCUT2D eigenvalue weighted by Crippen LogP contribution is -2.32. The zero-order valence-electron chi connectivity index (χ0n) is 22.6. The first-order valence-electron chi connectivity index (χ1n) is 13.0. The Morgan fingerprint density at radius 2 is 1.97 bits per heavy atom. The summed E-state index contributed by atoms with van der Waals surface area (Å²) in [7, 11) is 5.78. The molecular weight excluding hydrogens is 494 g/mol. The summed E-state index contributed by atoms with van der Waals surface area (Å²) in [6.45, 7) is 6.27. The third-order valence-corrected chi connectivity index (χ3v) is 7.40. The monoisotopic (exact) mass is 529 g/mol. The first-order chi connectivity index (χ1) is 18.9. The van der Waals surface area contributed by atoms with Gasteiger partial charge in [-0.3, -0.25) is 9.63 Å². The molecule has 3 N–H and O–H groups in total. The molecule has 0 unspecified atom stereocenters. The van der Waals surface area contributed by atoms with Crippen LogP contribution in [0.25, 0.3) is 5.57 Å². The van der Waals surface area contributed by atoms with E-state index in [0.717, 1.165) is 37.2 Å². The van der Waals surface area contributed by atoms with Gasteiger partial charge in [0.05, 0.1) is 25.4 Å². The Labute approximate surface area is 229 Å². The largest absolute Gasteiger partial charge is 0.494 e. The third kappa shape index (κ3) is 5.52. The van der Waals surface area contributed by atoms with E-state index in [1.165, 1.54) is 6.33 Å². The highest BCUT2D eigenvalue weighted by Crippen LogP contribution is 2.40. The Morgan fingerprint density at radius 3 is 2.67 bits per heavy atom. The maximum atomic E-state index is 12.2. The summed E-state index contributed by atoms with van der Waals surface area (Å²) in [6, 6.07) is 16.3. The topological polar surface area (TPSA) is 109 Å². The van der Waals surface area contributed by atoms with Crippen molar-refractivity contribution in [1.82, 2.24) is 14.9 Å². The minimum absolute atomic E-state index is 0.0553. The predicted molar refractivity (Wildman–Crippen MR) is 153 cm³/mol. The zero-order chi connectivity index (χ0) is 27.5. The highest BCUT2D eigenvalue weighted by Gasteiger charge is 2.30. The number of amides is 1. The van der Waals surface area contributed by atoms with Gasteiger partial charge < -0.3 is 25.6 Å². The van der Waals surface area contributed by atoms with Crippen LogP contribution in [0.15, 0.2) is 61.4 Å². The molecule has 5 rings (SSSR count). The average Bonchev–Trinajstić information content (AvgIpc) is 3.64. The van der Waals surface area contributed by atoms with Gasteiger partial charge in [-0.25, -0.2) is 15.0 Å². The highest BCUT2D eigenvalue weighted by molar-refractivity contribution is 6.19. The SMILES string of the molecule is C=C(C(N)=O)c1cc(Nc2cc(N3OCC[C@@H]3c3ccccc3)ncn2)c(OC)cc1N1CC[C@@H](N(C)C)C1. The number of benzene rings is 2. The predicted octanol–water partition coefficient (Wildman–Crippen LogP) is 3.75. The number of ether oxygens (including phenoxy) is 1. The number of carbonyl (C=O) groups is 1. The zero-order valence-corrected chi connectivity index (χ0v) is 22.6. The van der Waals surface area contributed by atoms with E-state index in [9.17, 15) is 4.79 Å². The smallest absolute Gasteiger partial charge is 0.248 e. The molecule has 3 heterocycles. The number of primary amides is 1. The molecule has 204 valence electrons. The van der Waals surface area contributed by atoms with Gasteiger partial charge >= 0.3 is 0 Å². The van der Waals surface area contributed by atoms with Gasteiger partial charge in [0, 0.05) is 54.5 Å². The van der Waals surface area contributed by atoms with Crippen molar-refractivity contribution in [2.24, 2.45) is 5.73 Å². The van der Waals surface area contributed by atoms with Crippen LogP contribution in [0.3, 0.4) is 0 Å². The van der Waals surface area contributed by atoms with Crippen molar-refractivity contribution in [1.29, 1.82) is 0 Å². The van der Waals surface area contributed by atoms with Crippen LogP contribution in [0, 0.1) is 0 Å². The Bertz CT molecular complexity index is 1350. The molecule has 3 aromatic rings. The molecule has 2 aliphatic heterocycles. The van der Waals surface area contributed by atoms with Crippen LogP contribution < -0.4 is 25.8 Å². The molecule has 0 aliphatic carbocycles. The molecule has 2 aliphatic rings. The summed E-state index contributed by atoms with van der Waals surface area (Å²) in [5, 5.41) is 5.17. The van der Waals surface area contributed by atoms with E-state index < -0.39 is 5.91 Å². The molecule has 2 aromatic carbocycles. The maximum absolute atomic E-state index is 12.2. The van der Waals surface area contributed by atoms with Crippen LogP contribution in [0.5, 0.6) is 5.75 Å².